The highest BCUT2D eigenvalue weighted by Crippen LogP contribution is 2.44. The first-order valence-electron chi connectivity index (χ1n) is 16.4. The van der Waals surface area contributed by atoms with Crippen molar-refractivity contribution in [1.82, 2.24) is 20.0 Å². The summed E-state index contributed by atoms with van der Waals surface area (Å²) in [5, 5.41) is 8.47. The van der Waals surface area contributed by atoms with Crippen molar-refractivity contribution >= 4 is 11.7 Å². The number of amides is 1. The largest absolute Gasteiger partial charge is 0.335 e. The smallest absolute Gasteiger partial charge is 0.249 e. The van der Waals surface area contributed by atoms with E-state index in [0.29, 0.717) is 51.1 Å². The summed E-state index contributed by atoms with van der Waals surface area (Å²) >= 11 is 0. The van der Waals surface area contributed by atoms with E-state index in [1.165, 1.54) is 30.9 Å². The van der Waals surface area contributed by atoms with E-state index < -0.39 is 11.8 Å². The molecule has 43 heavy (non-hydrogen) atoms. The van der Waals surface area contributed by atoms with E-state index in [1.807, 2.05) is 11.8 Å². The minimum atomic E-state index is -2.79. The van der Waals surface area contributed by atoms with Crippen molar-refractivity contribution < 1.29 is 18.4 Å². The quantitative estimate of drug-likeness (QED) is 0.352. The highest BCUT2D eigenvalue weighted by Gasteiger charge is 2.46. The van der Waals surface area contributed by atoms with Crippen LogP contribution in [0.2, 0.25) is 0 Å². The fourth-order valence-corrected chi connectivity index (χ4v) is 8.12. The summed E-state index contributed by atoms with van der Waals surface area (Å²) in [7, 11) is 0. The number of hydrogen-bond acceptors (Lipinski definition) is 4. The Hall–Kier alpha value is -2.87. The van der Waals surface area contributed by atoms with Crippen LogP contribution in [0, 0.1) is 23.7 Å². The van der Waals surface area contributed by atoms with Crippen molar-refractivity contribution in [1.29, 1.82) is 0 Å². The lowest BCUT2D eigenvalue weighted by Crippen LogP contribution is -2.56. The van der Waals surface area contributed by atoms with Gasteiger partial charge in [0, 0.05) is 43.0 Å². The second-order valence-electron chi connectivity index (χ2n) is 13.6. The maximum Gasteiger partial charge on any atom is 0.249 e. The molecular formula is C35H46F2N4O2. The number of hydrogen-bond donors (Lipinski definition) is 1. The van der Waals surface area contributed by atoms with E-state index in [4.69, 9.17) is 5.10 Å². The molecule has 2 aliphatic heterocycles. The lowest BCUT2D eigenvalue weighted by molar-refractivity contribution is -0.141. The first-order valence-corrected chi connectivity index (χ1v) is 16.4. The van der Waals surface area contributed by atoms with Crippen molar-refractivity contribution in [3.63, 3.8) is 0 Å². The number of allylic oxidation sites excluding steroid dienone is 1. The summed E-state index contributed by atoms with van der Waals surface area (Å²) in [5.41, 5.74) is 5.66. The zero-order valence-electron chi connectivity index (χ0n) is 25.8. The second kappa shape index (κ2) is 11.9. The maximum absolute atomic E-state index is 14.3. The van der Waals surface area contributed by atoms with Crippen LogP contribution >= 0.6 is 0 Å². The summed E-state index contributed by atoms with van der Waals surface area (Å²) in [6, 6.07) is 8.25. The highest BCUT2D eigenvalue weighted by molar-refractivity contribution is 5.91. The molecule has 8 heteroatoms. The van der Waals surface area contributed by atoms with Crippen LogP contribution in [0.15, 0.2) is 36.9 Å². The number of piperidine rings is 1. The van der Waals surface area contributed by atoms with Gasteiger partial charge < -0.3 is 10.2 Å². The van der Waals surface area contributed by atoms with Gasteiger partial charge in [0.15, 0.2) is 5.78 Å². The van der Waals surface area contributed by atoms with Crippen LogP contribution in [0.4, 0.5) is 8.78 Å². The molecule has 3 heterocycles. The zero-order valence-corrected chi connectivity index (χ0v) is 25.8. The number of alkyl halides is 2. The van der Waals surface area contributed by atoms with Gasteiger partial charge in [0.1, 0.15) is 0 Å². The van der Waals surface area contributed by atoms with E-state index >= 15 is 0 Å². The molecule has 0 bridgehead atoms. The minimum Gasteiger partial charge on any atom is -0.335 e. The number of halogens is 2. The summed E-state index contributed by atoms with van der Waals surface area (Å²) in [5.74, 6) is -3.34. The maximum atomic E-state index is 14.3. The first kappa shape index (κ1) is 30.2. The van der Waals surface area contributed by atoms with Gasteiger partial charge in [-0.25, -0.2) is 13.5 Å². The lowest BCUT2D eigenvalue weighted by Gasteiger charge is -2.44. The van der Waals surface area contributed by atoms with Crippen LogP contribution in [0.3, 0.4) is 0 Å². The molecule has 6 rings (SSSR count). The predicted octanol–water partition coefficient (Wildman–Crippen LogP) is 6.57. The molecule has 6 atom stereocenters. The molecule has 4 aliphatic rings. The highest BCUT2D eigenvalue weighted by atomic mass is 19.3. The molecule has 1 aromatic carbocycles. The molecule has 2 aliphatic carbocycles. The minimum absolute atomic E-state index is 0.00526. The monoisotopic (exact) mass is 592 g/mol. The number of rotatable bonds is 8. The standard InChI is InChI=1S/C35H46F2N4O2/c1-5-22-18-26(20-38-33(22)21(3)35(4,36)37)34(43)40-17-16-29-32-28(15-12-25(19-30(32)40)31(42)6-2)39-41(29)27-13-10-24(11-14-27)23-8-7-9-23/h6,10-11,13-14,21-23,25-26,30,33,38H,2,5,7-9,12,15-20H2,1,3-4H3. The van der Waals surface area contributed by atoms with Crippen LogP contribution in [-0.4, -0.2) is 51.4 Å². The van der Waals surface area contributed by atoms with Crippen LogP contribution in [-0.2, 0) is 22.4 Å². The molecule has 232 valence electrons. The Morgan fingerprint density at radius 1 is 1.14 bits per heavy atom. The Balaban J connectivity index is 1.29. The normalized spacial score (nSPS) is 28.4. The van der Waals surface area contributed by atoms with Gasteiger partial charge in [-0.2, -0.15) is 5.10 Å². The summed E-state index contributed by atoms with van der Waals surface area (Å²) in [4.78, 5) is 29.2. The van der Waals surface area contributed by atoms with Gasteiger partial charge in [-0.05, 0) is 81.1 Å². The summed E-state index contributed by atoms with van der Waals surface area (Å²) in [6.07, 6.45) is 9.19. The number of aromatic nitrogens is 2. The van der Waals surface area contributed by atoms with Crippen molar-refractivity contribution in [2.45, 2.75) is 102 Å². The molecule has 2 fully saturated rings. The number of aryl methyl sites for hydroxylation is 1. The number of nitrogens with one attached hydrogen (secondary N) is 1. The average molecular weight is 593 g/mol. The van der Waals surface area contributed by atoms with Crippen molar-refractivity contribution in [2.24, 2.45) is 23.7 Å². The SMILES string of the molecule is C=CC(=O)C1CCc2nn(-c3ccc(C4CCC4)cc3)c3c2C(C1)N(C(=O)C1CNC(C(C)C(C)(F)F)C(CC)C1)CC3. The number of ketones is 1. The number of carbonyl (C=O) groups excluding carboxylic acids is 2. The molecule has 0 spiro atoms. The summed E-state index contributed by atoms with van der Waals surface area (Å²) < 4.78 is 30.6. The number of nitrogens with zero attached hydrogens (tertiary/aromatic N) is 3. The molecule has 1 amide bonds. The Kier molecular flexibility index (Phi) is 8.35. The molecule has 1 aromatic heterocycles. The van der Waals surface area contributed by atoms with E-state index in [-0.39, 0.29) is 41.5 Å². The van der Waals surface area contributed by atoms with Gasteiger partial charge in [-0.15, -0.1) is 0 Å². The van der Waals surface area contributed by atoms with Crippen LogP contribution < -0.4 is 5.32 Å². The van der Waals surface area contributed by atoms with E-state index in [2.05, 4.69) is 40.8 Å². The van der Waals surface area contributed by atoms with Gasteiger partial charge in [-0.1, -0.05) is 45.4 Å². The van der Waals surface area contributed by atoms with Crippen molar-refractivity contribution in [3.05, 3.63) is 59.4 Å². The molecular weight excluding hydrogens is 546 g/mol. The Morgan fingerprint density at radius 3 is 2.51 bits per heavy atom. The fourth-order valence-electron chi connectivity index (χ4n) is 8.12. The van der Waals surface area contributed by atoms with Crippen LogP contribution in [0.5, 0.6) is 0 Å². The number of carbonyl (C=O) groups is 2. The number of benzene rings is 1. The molecule has 1 saturated carbocycles. The first-order chi connectivity index (χ1) is 20.6. The Labute approximate surface area is 254 Å². The van der Waals surface area contributed by atoms with Crippen LogP contribution in [0.25, 0.3) is 5.69 Å². The van der Waals surface area contributed by atoms with Gasteiger partial charge in [-0.3, -0.25) is 9.59 Å². The van der Waals surface area contributed by atoms with Crippen molar-refractivity contribution in [2.75, 3.05) is 13.1 Å². The van der Waals surface area contributed by atoms with Crippen LogP contribution in [0.1, 0.15) is 100 Å². The van der Waals surface area contributed by atoms with Gasteiger partial charge in [0.05, 0.1) is 29.0 Å². The molecule has 6 unspecified atom stereocenters. The van der Waals surface area contributed by atoms with E-state index in [0.717, 1.165) is 36.0 Å². The van der Waals surface area contributed by atoms with Crippen molar-refractivity contribution in [3.8, 4) is 5.69 Å². The predicted molar refractivity (Wildman–Crippen MR) is 163 cm³/mol. The summed E-state index contributed by atoms with van der Waals surface area (Å²) in [6.45, 7) is 9.31. The van der Waals surface area contributed by atoms with Gasteiger partial charge in [0.25, 0.3) is 0 Å². The average Bonchev–Trinajstić information content (AvgIpc) is 3.24. The van der Waals surface area contributed by atoms with Gasteiger partial charge >= 0.3 is 0 Å². The Bertz CT molecular complexity index is 1360. The lowest BCUT2D eigenvalue weighted by atomic mass is 9.75. The van der Waals surface area contributed by atoms with E-state index in [1.54, 1.807) is 6.92 Å². The second-order valence-corrected chi connectivity index (χ2v) is 13.6. The topological polar surface area (TPSA) is 67.2 Å². The molecule has 1 saturated heterocycles. The third-order valence-electron chi connectivity index (χ3n) is 11.1. The van der Waals surface area contributed by atoms with E-state index in [9.17, 15) is 18.4 Å². The molecule has 1 N–H and O–H groups in total. The third-order valence-corrected chi connectivity index (χ3v) is 11.1. The fraction of sp³-hybridized carbons (Fsp3) is 0.629. The third kappa shape index (κ3) is 5.60. The molecule has 0 radical (unpaired) electrons. The Morgan fingerprint density at radius 2 is 1.88 bits per heavy atom. The molecule has 6 nitrogen and oxygen atoms in total. The zero-order chi connectivity index (χ0) is 30.5. The molecule has 2 aromatic rings. The van der Waals surface area contributed by atoms with Gasteiger partial charge in [0.2, 0.25) is 11.8 Å².